The van der Waals surface area contributed by atoms with E-state index in [1.54, 1.807) is 6.20 Å². The number of hydrogen-bond acceptors (Lipinski definition) is 5. The van der Waals surface area contributed by atoms with Crippen LogP contribution in [0, 0.1) is 0 Å². The van der Waals surface area contributed by atoms with Gasteiger partial charge in [0.2, 0.25) is 0 Å². The minimum atomic E-state index is 0.0770. The maximum absolute atomic E-state index is 8.91. The summed E-state index contributed by atoms with van der Waals surface area (Å²) in [6.07, 6.45) is 5.37. The van der Waals surface area contributed by atoms with Crippen LogP contribution in [0.5, 0.6) is 0 Å². The normalized spacial score (nSPS) is 24.5. The highest BCUT2D eigenvalue weighted by Crippen LogP contribution is 2.26. The lowest BCUT2D eigenvalue weighted by atomic mass is 10.2. The lowest BCUT2D eigenvalue weighted by Gasteiger charge is -2.28. The standard InChI is InChI=1S/C14H21N5O/c15-14(17-20)13-12(5-1-6-16-13)19-9-3-8-18-7-2-4-11(18)10-19/h1,5-6,11,20H,2-4,7-10H2,(H2,15,17). The van der Waals surface area contributed by atoms with Gasteiger partial charge in [0.25, 0.3) is 0 Å². The summed E-state index contributed by atoms with van der Waals surface area (Å²) in [5, 5.41) is 12.0. The fourth-order valence-electron chi connectivity index (χ4n) is 3.32. The first-order valence-electron chi connectivity index (χ1n) is 7.21. The third-order valence-corrected chi connectivity index (χ3v) is 4.28. The van der Waals surface area contributed by atoms with Gasteiger partial charge in [0.05, 0.1) is 5.69 Å². The highest BCUT2D eigenvalue weighted by Gasteiger charge is 2.29. The Morgan fingerprint density at radius 2 is 2.20 bits per heavy atom. The Labute approximate surface area is 118 Å². The number of nitrogens with zero attached hydrogens (tertiary/aromatic N) is 4. The minimum Gasteiger partial charge on any atom is -0.409 e. The molecule has 2 saturated heterocycles. The molecule has 108 valence electrons. The van der Waals surface area contributed by atoms with Gasteiger partial charge in [-0.1, -0.05) is 5.16 Å². The molecular weight excluding hydrogens is 254 g/mol. The zero-order valence-electron chi connectivity index (χ0n) is 11.6. The van der Waals surface area contributed by atoms with Gasteiger partial charge in [-0.25, -0.2) is 0 Å². The molecule has 0 amide bonds. The van der Waals surface area contributed by atoms with E-state index in [9.17, 15) is 0 Å². The van der Waals surface area contributed by atoms with E-state index in [0.717, 1.165) is 25.2 Å². The molecule has 2 aliphatic rings. The largest absolute Gasteiger partial charge is 0.409 e. The fraction of sp³-hybridized carbons (Fsp3) is 0.571. The number of amidine groups is 1. The minimum absolute atomic E-state index is 0.0770. The van der Waals surface area contributed by atoms with Crippen molar-refractivity contribution in [2.75, 3.05) is 31.1 Å². The van der Waals surface area contributed by atoms with Gasteiger partial charge in [0, 0.05) is 31.9 Å². The number of anilines is 1. The molecular formula is C14H21N5O. The molecule has 3 rings (SSSR count). The molecule has 2 aliphatic heterocycles. The summed E-state index contributed by atoms with van der Waals surface area (Å²) in [6.45, 7) is 4.38. The van der Waals surface area contributed by atoms with Gasteiger partial charge in [-0.15, -0.1) is 0 Å². The molecule has 0 aromatic carbocycles. The van der Waals surface area contributed by atoms with Crippen molar-refractivity contribution in [2.45, 2.75) is 25.3 Å². The molecule has 0 aliphatic carbocycles. The van der Waals surface area contributed by atoms with Crippen LogP contribution < -0.4 is 10.6 Å². The van der Waals surface area contributed by atoms with E-state index < -0.39 is 0 Å². The molecule has 6 heteroatoms. The molecule has 3 N–H and O–H groups in total. The summed E-state index contributed by atoms with van der Waals surface area (Å²) in [5.74, 6) is 0.0770. The summed E-state index contributed by atoms with van der Waals surface area (Å²) in [5.41, 5.74) is 7.29. The van der Waals surface area contributed by atoms with Crippen LogP contribution in [0.2, 0.25) is 0 Å². The first-order valence-corrected chi connectivity index (χ1v) is 7.21. The number of hydrogen-bond donors (Lipinski definition) is 2. The molecule has 3 heterocycles. The lowest BCUT2D eigenvalue weighted by Crippen LogP contribution is -2.37. The van der Waals surface area contributed by atoms with Crippen LogP contribution in [-0.4, -0.2) is 53.1 Å². The van der Waals surface area contributed by atoms with Crippen LogP contribution >= 0.6 is 0 Å². The second-order valence-electron chi connectivity index (χ2n) is 5.49. The van der Waals surface area contributed by atoms with Gasteiger partial charge in [0.1, 0.15) is 5.69 Å². The monoisotopic (exact) mass is 275 g/mol. The van der Waals surface area contributed by atoms with Crippen LogP contribution in [0.15, 0.2) is 23.5 Å². The highest BCUT2D eigenvalue weighted by molar-refractivity contribution is 6.00. The predicted octanol–water partition coefficient (Wildman–Crippen LogP) is 0.851. The van der Waals surface area contributed by atoms with E-state index >= 15 is 0 Å². The number of aromatic nitrogens is 1. The summed E-state index contributed by atoms with van der Waals surface area (Å²) in [6, 6.07) is 4.53. The summed E-state index contributed by atoms with van der Waals surface area (Å²) < 4.78 is 0. The Bertz CT molecular complexity index is 504. The Morgan fingerprint density at radius 3 is 3.05 bits per heavy atom. The molecule has 0 bridgehead atoms. The van der Waals surface area contributed by atoms with E-state index in [-0.39, 0.29) is 5.84 Å². The number of pyridine rings is 1. The fourth-order valence-corrected chi connectivity index (χ4v) is 3.32. The van der Waals surface area contributed by atoms with Crippen molar-refractivity contribution in [2.24, 2.45) is 10.9 Å². The molecule has 20 heavy (non-hydrogen) atoms. The molecule has 0 radical (unpaired) electrons. The maximum atomic E-state index is 8.91. The van der Waals surface area contributed by atoms with E-state index in [0.29, 0.717) is 11.7 Å². The average Bonchev–Trinajstić information content (AvgIpc) is 2.83. The van der Waals surface area contributed by atoms with E-state index in [2.05, 4.69) is 19.9 Å². The topological polar surface area (TPSA) is 78.0 Å². The molecule has 6 nitrogen and oxygen atoms in total. The van der Waals surface area contributed by atoms with E-state index in [1.165, 1.54) is 25.9 Å². The second-order valence-corrected chi connectivity index (χ2v) is 5.49. The van der Waals surface area contributed by atoms with Crippen LogP contribution in [0.1, 0.15) is 25.0 Å². The van der Waals surface area contributed by atoms with E-state index in [1.807, 2.05) is 12.1 Å². The predicted molar refractivity (Wildman–Crippen MR) is 78.2 cm³/mol. The molecule has 1 atom stereocenters. The van der Waals surface area contributed by atoms with Gasteiger partial charge < -0.3 is 15.8 Å². The third-order valence-electron chi connectivity index (χ3n) is 4.28. The molecule has 0 spiro atoms. The first kappa shape index (κ1) is 13.2. The summed E-state index contributed by atoms with van der Waals surface area (Å²) in [7, 11) is 0. The second kappa shape index (κ2) is 5.66. The molecule has 0 saturated carbocycles. The molecule has 2 fully saturated rings. The number of oxime groups is 1. The quantitative estimate of drug-likeness (QED) is 0.362. The Morgan fingerprint density at radius 1 is 1.35 bits per heavy atom. The third kappa shape index (κ3) is 2.43. The smallest absolute Gasteiger partial charge is 0.190 e. The average molecular weight is 275 g/mol. The van der Waals surface area contributed by atoms with Gasteiger partial charge in [-0.2, -0.15) is 0 Å². The molecule has 1 aromatic heterocycles. The summed E-state index contributed by atoms with van der Waals surface area (Å²) in [4.78, 5) is 9.18. The van der Waals surface area contributed by atoms with Crippen molar-refractivity contribution in [3.63, 3.8) is 0 Å². The Hall–Kier alpha value is -1.82. The summed E-state index contributed by atoms with van der Waals surface area (Å²) >= 11 is 0. The number of rotatable bonds is 2. The SMILES string of the molecule is N/C(=N/O)c1ncccc1N1CCCN2CCCC2C1. The molecule has 1 unspecified atom stereocenters. The molecule has 1 aromatic rings. The van der Waals surface area contributed by atoms with Crippen LogP contribution in [0.4, 0.5) is 5.69 Å². The zero-order valence-corrected chi connectivity index (χ0v) is 11.6. The Balaban J connectivity index is 1.88. The lowest BCUT2D eigenvalue weighted by molar-refractivity contribution is 0.273. The number of nitrogens with two attached hydrogens (primary N) is 1. The van der Waals surface area contributed by atoms with Crippen LogP contribution in [0.3, 0.4) is 0 Å². The van der Waals surface area contributed by atoms with Gasteiger partial charge in [-0.3, -0.25) is 9.88 Å². The Kier molecular flexibility index (Phi) is 3.73. The van der Waals surface area contributed by atoms with Crippen molar-refractivity contribution >= 4 is 11.5 Å². The van der Waals surface area contributed by atoms with Crippen molar-refractivity contribution in [1.82, 2.24) is 9.88 Å². The van der Waals surface area contributed by atoms with E-state index in [4.69, 9.17) is 10.9 Å². The maximum Gasteiger partial charge on any atom is 0.190 e. The highest BCUT2D eigenvalue weighted by atomic mass is 16.4. The van der Waals surface area contributed by atoms with Gasteiger partial charge in [-0.05, 0) is 37.9 Å². The van der Waals surface area contributed by atoms with Crippen molar-refractivity contribution in [1.29, 1.82) is 0 Å². The van der Waals surface area contributed by atoms with Crippen molar-refractivity contribution in [3.05, 3.63) is 24.0 Å². The first-order chi connectivity index (χ1) is 9.79. The van der Waals surface area contributed by atoms with Crippen molar-refractivity contribution < 1.29 is 5.21 Å². The van der Waals surface area contributed by atoms with Gasteiger partial charge >= 0.3 is 0 Å². The number of fused-ring (bicyclic) bond motifs is 1. The zero-order chi connectivity index (χ0) is 13.9. The van der Waals surface area contributed by atoms with Crippen LogP contribution in [0.25, 0.3) is 0 Å². The van der Waals surface area contributed by atoms with Crippen LogP contribution in [-0.2, 0) is 0 Å². The van der Waals surface area contributed by atoms with Crippen molar-refractivity contribution in [3.8, 4) is 0 Å². The van der Waals surface area contributed by atoms with Gasteiger partial charge in [0.15, 0.2) is 5.84 Å².